The molecule has 2 fully saturated rings. The minimum Gasteiger partial charge on any atom is -0.478 e. The van der Waals surface area contributed by atoms with Crippen molar-refractivity contribution in [2.24, 2.45) is 0 Å². The van der Waals surface area contributed by atoms with Crippen LogP contribution in [0.2, 0.25) is 0 Å². The largest absolute Gasteiger partial charge is 0.478 e. The van der Waals surface area contributed by atoms with Crippen LogP contribution in [0.4, 0.5) is 4.39 Å². The number of piperidine rings is 1. The lowest BCUT2D eigenvalue weighted by molar-refractivity contribution is -0.0592. The van der Waals surface area contributed by atoms with Crippen LogP contribution in [0.1, 0.15) is 65.1 Å². The quantitative estimate of drug-likeness (QED) is 0.290. The van der Waals surface area contributed by atoms with Gasteiger partial charge < -0.3 is 19.1 Å². The average Bonchev–Trinajstić information content (AvgIpc) is 3.54. The van der Waals surface area contributed by atoms with Crippen LogP contribution >= 0.6 is 0 Å². The van der Waals surface area contributed by atoms with Crippen LogP contribution in [-0.4, -0.2) is 61.1 Å². The number of nitriles is 1. The molecule has 2 aliphatic heterocycles. The zero-order valence-corrected chi connectivity index (χ0v) is 23.5. The number of hydrogen-bond donors (Lipinski definition) is 1. The van der Waals surface area contributed by atoms with Gasteiger partial charge in [0.2, 0.25) is 5.88 Å². The number of aryl methyl sites for hydroxylation is 1. The van der Waals surface area contributed by atoms with Gasteiger partial charge in [0.05, 0.1) is 53.5 Å². The fourth-order valence-corrected chi connectivity index (χ4v) is 5.65. The van der Waals surface area contributed by atoms with Crippen LogP contribution in [0, 0.1) is 17.1 Å². The number of ether oxygens (including phenoxy) is 2. The molecule has 0 amide bonds. The van der Waals surface area contributed by atoms with Crippen molar-refractivity contribution in [2.75, 3.05) is 19.7 Å². The number of likely N-dealkylation sites (tertiary alicyclic amines) is 1. The minimum absolute atomic E-state index is 0.0425. The van der Waals surface area contributed by atoms with E-state index in [1.54, 1.807) is 30.3 Å². The highest BCUT2D eigenvalue weighted by Crippen LogP contribution is 2.29. The van der Waals surface area contributed by atoms with Crippen molar-refractivity contribution >= 4 is 17.0 Å². The van der Waals surface area contributed by atoms with E-state index in [9.17, 15) is 14.3 Å². The zero-order valence-electron chi connectivity index (χ0n) is 23.5. The summed E-state index contributed by atoms with van der Waals surface area (Å²) in [7, 11) is 0. The number of imidazole rings is 1. The molecule has 4 heterocycles. The summed E-state index contributed by atoms with van der Waals surface area (Å²) >= 11 is 0. The maximum Gasteiger partial charge on any atom is 0.335 e. The molecule has 4 aromatic rings. The molecule has 218 valence electrons. The van der Waals surface area contributed by atoms with Crippen molar-refractivity contribution in [3.05, 3.63) is 76.5 Å². The maximum atomic E-state index is 14.3. The zero-order chi connectivity index (χ0) is 29.2. The van der Waals surface area contributed by atoms with E-state index in [0.29, 0.717) is 24.5 Å². The van der Waals surface area contributed by atoms with Crippen molar-refractivity contribution in [3.63, 3.8) is 0 Å². The predicted molar refractivity (Wildman–Crippen MR) is 152 cm³/mol. The van der Waals surface area contributed by atoms with E-state index in [-0.39, 0.29) is 29.9 Å². The summed E-state index contributed by atoms with van der Waals surface area (Å²) in [4.78, 5) is 18.9. The van der Waals surface area contributed by atoms with E-state index in [1.807, 2.05) is 23.9 Å². The molecular formula is C31H33FN6O4. The van der Waals surface area contributed by atoms with Crippen molar-refractivity contribution in [2.45, 2.75) is 64.4 Å². The van der Waals surface area contributed by atoms with Gasteiger partial charge in [0, 0.05) is 37.0 Å². The molecule has 0 saturated carbocycles. The Hall–Kier alpha value is -4.27. The van der Waals surface area contributed by atoms with Gasteiger partial charge in [-0.25, -0.2) is 14.2 Å². The number of carboxylic acids is 1. The highest BCUT2D eigenvalue weighted by molar-refractivity contribution is 5.92. The van der Waals surface area contributed by atoms with Gasteiger partial charge in [0.15, 0.2) is 0 Å². The highest BCUT2D eigenvalue weighted by Gasteiger charge is 2.26. The van der Waals surface area contributed by atoms with Gasteiger partial charge in [0.25, 0.3) is 0 Å². The molecule has 1 atom stereocenters. The van der Waals surface area contributed by atoms with Gasteiger partial charge in [-0.3, -0.25) is 9.58 Å². The van der Waals surface area contributed by atoms with Crippen LogP contribution in [0.3, 0.4) is 0 Å². The number of aromatic carboxylic acids is 1. The number of halogens is 1. The lowest BCUT2D eigenvalue weighted by Gasteiger charge is -2.32. The number of carbonyl (C=O) groups is 1. The summed E-state index contributed by atoms with van der Waals surface area (Å²) in [6.45, 7) is 5.89. The molecule has 10 nitrogen and oxygen atoms in total. The number of aromatic nitrogens is 4. The number of benzene rings is 2. The van der Waals surface area contributed by atoms with Gasteiger partial charge in [-0.15, -0.1) is 5.10 Å². The van der Waals surface area contributed by atoms with Crippen LogP contribution in [0.15, 0.2) is 42.6 Å². The lowest BCUT2D eigenvalue weighted by atomic mass is 10.1. The molecule has 6 rings (SSSR count). The van der Waals surface area contributed by atoms with Gasteiger partial charge in [-0.2, -0.15) is 5.26 Å². The second-order valence-corrected chi connectivity index (χ2v) is 10.9. The van der Waals surface area contributed by atoms with E-state index in [0.717, 1.165) is 67.8 Å². The Bertz CT molecular complexity index is 1650. The monoisotopic (exact) mass is 572 g/mol. The predicted octanol–water partition coefficient (Wildman–Crippen LogP) is 4.71. The van der Waals surface area contributed by atoms with Crippen molar-refractivity contribution in [1.82, 2.24) is 24.2 Å². The molecule has 0 spiro atoms. The Morgan fingerprint density at radius 2 is 2.00 bits per heavy atom. The first-order valence-corrected chi connectivity index (χ1v) is 14.4. The molecule has 2 aromatic carbocycles. The summed E-state index contributed by atoms with van der Waals surface area (Å²) in [5.41, 5.74) is 3.50. The van der Waals surface area contributed by atoms with Crippen molar-refractivity contribution in [3.8, 4) is 11.9 Å². The van der Waals surface area contributed by atoms with Gasteiger partial charge >= 0.3 is 5.97 Å². The Kier molecular flexibility index (Phi) is 7.91. The van der Waals surface area contributed by atoms with Crippen LogP contribution in [0.25, 0.3) is 11.0 Å². The SMILES string of the molecule is CCc1cn(C2CCN(Cc3nc4ccc(C(=O)O)cc4n3C[C@@H]3CCO3)CC2)nc1OCc1ccc(C#N)cc1F. The molecule has 0 bridgehead atoms. The van der Waals surface area contributed by atoms with E-state index in [4.69, 9.17) is 24.8 Å². The van der Waals surface area contributed by atoms with Crippen LogP contribution in [0.5, 0.6) is 5.88 Å². The standard InChI is InChI=1S/C31H33FN6O4/c1-2-21-16-38(35-30(21)42-19-23-4-3-20(15-33)13-26(23)32)24-7-10-36(11-8-24)18-29-34-27-6-5-22(31(39)40)14-28(27)37(29)17-25-9-12-41-25/h3-6,13-14,16,24-25H,2,7-12,17-19H2,1H3,(H,39,40)/t25-/m0/s1. The van der Waals surface area contributed by atoms with Crippen molar-refractivity contribution < 1.29 is 23.8 Å². The molecule has 0 unspecified atom stereocenters. The number of hydrogen-bond acceptors (Lipinski definition) is 7. The average molecular weight is 573 g/mol. The van der Waals surface area contributed by atoms with Gasteiger partial charge in [-0.05, 0) is 56.0 Å². The minimum atomic E-state index is -0.951. The summed E-state index contributed by atoms with van der Waals surface area (Å²) in [5.74, 6) is 0.0129. The molecule has 2 aliphatic rings. The molecule has 0 aliphatic carbocycles. The second-order valence-electron chi connectivity index (χ2n) is 10.9. The Morgan fingerprint density at radius 3 is 2.67 bits per heavy atom. The summed E-state index contributed by atoms with van der Waals surface area (Å²) in [6, 6.07) is 11.6. The molecule has 42 heavy (non-hydrogen) atoms. The summed E-state index contributed by atoms with van der Waals surface area (Å²) < 4.78 is 30.1. The topological polar surface area (TPSA) is 118 Å². The molecule has 2 saturated heterocycles. The summed E-state index contributed by atoms with van der Waals surface area (Å²) in [5, 5.41) is 23.2. The Balaban J connectivity index is 1.12. The highest BCUT2D eigenvalue weighted by atomic mass is 19.1. The third-order valence-electron chi connectivity index (χ3n) is 8.25. The Labute approximate surface area is 242 Å². The molecular weight excluding hydrogens is 539 g/mol. The lowest BCUT2D eigenvalue weighted by Crippen LogP contribution is -2.36. The number of carboxylic acid groups (broad SMARTS) is 1. The smallest absolute Gasteiger partial charge is 0.335 e. The number of rotatable bonds is 10. The van der Waals surface area contributed by atoms with Crippen LogP contribution < -0.4 is 4.74 Å². The Morgan fingerprint density at radius 1 is 1.19 bits per heavy atom. The molecule has 0 radical (unpaired) electrons. The maximum absolute atomic E-state index is 14.3. The van der Waals surface area contributed by atoms with E-state index in [1.165, 1.54) is 6.07 Å². The fraction of sp³-hybridized carbons (Fsp3) is 0.419. The van der Waals surface area contributed by atoms with Crippen LogP contribution in [-0.2, 0) is 30.9 Å². The van der Waals surface area contributed by atoms with Gasteiger partial charge in [0.1, 0.15) is 18.2 Å². The second kappa shape index (κ2) is 11.9. The third kappa shape index (κ3) is 5.73. The first-order chi connectivity index (χ1) is 20.4. The van der Waals surface area contributed by atoms with Crippen molar-refractivity contribution in [1.29, 1.82) is 5.26 Å². The number of fused-ring (bicyclic) bond motifs is 1. The molecule has 2 aromatic heterocycles. The fourth-order valence-electron chi connectivity index (χ4n) is 5.65. The first-order valence-electron chi connectivity index (χ1n) is 14.4. The molecule has 11 heteroatoms. The first kappa shape index (κ1) is 27.9. The third-order valence-corrected chi connectivity index (χ3v) is 8.25. The van der Waals surface area contributed by atoms with Gasteiger partial charge in [-0.1, -0.05) is 13.0 Å². The van der Waals surface area contributed by atoms with E-state index in [2.05, 4.69) is 9.47 Å². The molecule has 1 N–H and O–H groups in total. The normalized spacial score (nSPS) is 17.7. The summed E-state index contributed by atoms with van der Waals surface area (Å²) in [6.07, 6.45) is 5.70. The van der Waals surface area contributed by atoms with E-state index < -0.39 is 11.8 Å². The number of nitrogens with zero attached hydrogens (tertiary/aromatic N) is 6. The van der Waals surface area contributed by atoms with E-state index >= 15 is 0 Å².